The minimum absolute atomic E-state index is 0.133. The van der Waals surface area contributed by atoms with E-state index in [4.69, 9.17) is 23.7 Å². The van der Waals surface area contributed by atoms with E-state index in [9.17, 15) is 14.4 Å². The third-order valence-corrected chi connectivity index (χ3v) is 5.37. The molecule has 0 saturated carbocycles. The molecule has 2 aromatic rings. The van der Waals surface area contributed by atoms with Crippen molar-refractivity contribution in [2.24, 2.45) is 0 Å². The summed E-state index contributed by atoms with van der Waals surface area (Å²) in [4.78, 5) is 37.1. The second-order valence-electron chi connectivity index (χ2n) is 8.26. The normalized spacial score (nSPS) is 10.2. The Morgan fingerprint density at radius 2 is 1.34 bits per heavy atom. The number of rotatable bonds is 18. The number of hydrogen-bond donors (Lipinski definition) is 0. The lowest BCUT2D eigenvalue weighted by atomic mass is 10.0. The van der Waals surface area contributed by atoms with Crippen molar-refractivity contribution < 1.29 is 38.1 Å². The predicted octanol–water partition coefficient (Wildman–Crippen LogP) is 5.17. The van der Waals surface area contributed by atoms with E-state index in [2.05, 4.69) is 0 Å². The van der Waals surface area contributed by atoms with Gasteiger partial charge in [-0.15, -0.1) is 0 Å². The summed E-state index contributed by atoms with van der Waals surface area (Å²) >= 11 is 0. The molecule has 0 aromatic heterocycles. The van der Waals surface area contributed by atoms with Gasteiger partial charge < -0.3 is 23.7 Å². The maximum Gasteiger partial charge on any atom is 0.306 e. The molecule has 0 radical (unpaired) electrons. The van der Waals surface area contributed by atoms with Crippen LogP contribution in [0.2, 0.25) is 0 Å². The van der Waals surface area contributed by atoms with Gasteiger partial charge in [0.15, 0.2) is 18.1 Å². The Kier molecular flexibility index (Phi) is 17.1. The maximum absolute atomic E-state index is 12.9. The first-order chi connectivity index (χ1) is 18.5. The molecule has 0 unspecified atom stereocenters. The first kappa shape index (κ1) is 32.8. The minimum Gasteiger partial charge on any atom is -0.487 e. The standard InChI is InChI=1S/C28H36O8.C2H6/c1-21-13-14-24(28(35-18-16-33-3)27(21)34-17-15-32-2)25(30)20-36-26(31)12-8-7-11-23(29)19-22-9-5-4-6-10-22;1-2/h4-6,9-10,13-14H,7-8,11-12,15-20H2,1-3H3;1-2H3. The fraction of sp³-hybridized carbons (Fsp3) is 0.500. The van der Waals surface area contributed by atoms with Crippen molar-refractivity contribution >= 4 is 17.5 Å². The molecule has 0 amide bonds. The van der Waals surface area contributed by atoms with Gasteiger partial charge in [0, 0.05) is 33.5 Å². The van der Waals surface area contributed by atoms with Crippen LogP contribution in [0.4, 0.5) is 0 Å². The molecule has 38 heavy (non-hydrogen) atoms. The lowest BCUT2D eigenvalue weighted by Gasteiger charge is -2.18. The van der Waals surface area contributed by atoms with Gasteiger partial charge in [-0.3, -0.25) is 14.4 Å². The average molecular weight is 531 g/mol. The smallest absolute Gasteiger partial charge is 0.306 e. The summed E-state index contributed by atoms with van der Waals surface area (Å²) in [5.74, 6) is -0.00921. The summed E-state index contributed by atoms with van der Waals surface area (Å²) in [6, 6.07) is 12.9. The SMILES string of the molecule is CC.COCCOc1c(C)ccc(C(=O)COC(=O)CCCCC(=O)Cc2ccccc2)c1OCCOC. The number of ether oxygens (including phenoxy) is 5. The molecule has 2 aromatic carbocycles. The van der Waals surface area contributed by atoms with Gasteiger partial charge in [-0.25, -0.2) is 0 Å². The summed E-state index contributed by atoms with van der Waals surface area (Å²) < 4.78 is 26.9. The monoisotopic (exact) mass is 530 g/mol. The molecular weight excluding hydrogens is 488 g/mol. The summed E-state index contributed by atoms with van der Waals surface area (Å²) in [6.07, 6.45) is 2.04. The number of aryl methyl sites for hydroxylation is 1. The van der Waals surface area contributed by atoms with Crippen LogP contribution in [0.15, 0.2) is 42.5 Å². The number of unbranched alkanes of at least 4 members (excludes halogenated alkanes) is 1. The highest BCUT2D eigenvalue weighted by molar-refractivity contribution is 6.01. The van der Waals surface area contributed by atoms with Crippen molar-refractivity contribution in [2.45, 2.75) is 52.9 Å². The quantitative estimate of drug-likeness (QED) is 0.148. The van der Waals surface area contributed by atoms with Gasteiger partial charge in [0.2, 0.25) is 5.78 Å². The van der Waals surface area contributed by atoms with Crippen LogP contribution in [0.1, 0.15) is 61.0 Å². The topological polar surface area (TPSA) is 97.4 Å². The Hall–Kier alpha value is -3.23. The van der Waals surface area contributed by atoms with E-state index in [-0.39, 0.29) is 24.4 Å². The van der Waals surface area contributed by atoms with E-state index in [1.165, 1.54) is 0 Å². The lowest BCUT2D eigenvalue weighted by Crippen LogP contribution is -2.17. The highest BCUT2D eigenvalue weighted by Crippen LogP contribution is 2.35. The number of ketones is 2. The molecular formula is C30H42O8. The van der Waals surface area contributed by atoms with E-state index >= 15 is 0 Å². The van der Waals surface area contributed by atoms with Crippen LogP contribution >= 0.6 is 0 Å². The Balaban J connectivity index is 0.00000352. The van der Waals surface area contributed by atoms with Gasteiger partial charge >= 0.3 is 5.97 Å². The van der Waals surface area contributed by atoms with Gasteiger partial charge in [-0.05, 0) is 37.0 Å². The molecule has 8 nitrogen and oxygen atoms in total. The zero-order valence-electron chi connectivity index (χ0n) is 23.4. The van der Waals surface area contributed by atoms with Crippen molar-refractivity contribution in [3.05, 3.63) is 59.2 Å². The van der Waals surface area contributed by atoms with Gasteiger partial charge in [-0.2, -0.15) is 0 Å². The Bertz CT molecular complexity index is 972. The Labute approximate surface area is 226 Å². The molecule has 0 saturated heterocycles. The summed E-state index contributed by atoms with van der Waals surface area (Å²) in [5.41, 5.74) is 2.05. The first-order valence-corrected chi connectivity index (χ1v) is 13.1. The summed E-state index contributed by atoms with van der Waals surface area (Å²) in [5, 5.41) is 0. The zero-order chi connectivity index (χ0) is 28.2. The number of methoxy groups -OCH3 is 2. The molecule has 0 bridgehead atoms. The van der Waals surface area contributed by atoms with Crippen LogP contribution in [0.25, 0.3) is 0 Å². The lowest BCUT2D eigenvalue weighted by molar-refractivity contribution is -0.142. The molecule has 0 spiro atoms. The molecule has 0 N–H and O–H groups in total. The van der Waals surface area contributed by atoms with Gasteiger partial charge in [0.1, 0.15) is 19.0 Å². The second kappa shape index (κ2) is 19.8. The molecule has 0 fully saturated rings. The molecule has 0 atom stereocenters. The third-order valence-electron chi connectivity index (χ3n) is 5.37. The molecule has 210 valence electrons. The number of carbonyl (C=O) groups is 3. The molecule has 0 aliphatic rings. The minimum atomic E-state index is -0.482. The van der Waals surface area contributed by atoms with Crippen molar-refractivity contribution in [2.75, 3.05) is 47.3 Å². The van der Waals surface area contributed by atoms with Gasteiger partial charge in [0.05, 0.1) is 18.8 Å². The molecule has 0 heterocycles. The van der Waals surface area contributed by atoms with E-state index in [1.54, 1.807) is 26.4 Å². The van der Waals surface area contributed by atoms with Gasteiger partial charge in [0.25, 0.3) is 0 Å². The number of Topliss-reactive ketones (excluding diaryl/α,β-unsaturated/α-hetero) is 2. The molecule has 2 rings (SSSR count). The fourth-order valence-corrected chi connectivity index (χ4v) is 3.46. The highest BCUT2D eigenvalue weighted by atomic mass is 16.6. The van der Waals surface area contributed by atoms with E-state index in [1.807, 2.05) is 51.1 Å². The Morgan fingerprint density at radius 1 is 0.737 bits per heavy atom. The van der Waals surface area contributed by atoms with E-state index in [0.29, 0.717) is 57.0 Å². The summed E-state index contributed by atoms with van der Waals surface area (Å²) in [7, 11) is 3.13. The Morgan fingerprint density at radius 3 is 1.97 bits per heavy atom. The first-order valence-electron chi connectivity index (χ1n) is 13.1. The van der Waals surface area contributed by atoms with E-state index in [0.717, 1.165) is 11.1 Å². The van der Waals surface area contributed by atoms with Crippen LogP contribution in [0.5, 0.6) is 11.5 Å². The van der Waals surface area contributed by atoms with Crippen LogP contribution < -0.4 is 9.47 Å². The van der Waals surface area contributed by atoms with Gasteiger partial charge in [-0.1, -0.05) is 50.2 Å². The molecule has 8 heteroatoms. The van der Waals surface area contributed by atoms with Crippen LogP contribution in [-0.4, -0.2) is 64.8 Å². The van der Waals surface area contributed by atoms with Crippen molar-refractivity contribution in [1.82, 2.24) is 0 Å². The zero-order valence-corrected chi connectivity index (χ0v) is 23.4. The fourth-order valence-electron chi connectivity index (χ4n) is 3.46. The molecule has 0 aliphatic heterocycles. The highest BCUT2D eigenvalue weighted by Gasteiger charge is 2.21. The van der Waals surface area contributed by atoms with Crippen LogP contribution in [0.3, 0.4) is 0 Å². The van der Waals surface area contributed by atoms with E-state index < -0.39 is 18.4 Å². The molecule has 0 aliphatic carbocycles. The number of benzene rings is 2. The number of hydrogen-bond acceptors (Lipinski definition) is 8. The van der Waals surface area contributed by atoms with Crippen molar-refractivity contribution in [3.8, 4) is 11.5 Å². The van der Waals surface area contributed by atoms with Crippen molar-refractivity contribution in [1.29, 1.82) is 0 Å². The number of carbonyl (C=O) groups excluding carboxylic acids is 3. The second-order valence-corrected chi connectivity index (χ2v) is 8.26. The van der Waals surface area contributed by atoms with Crippen molar-refractivity contribution in [3.63, 3.8) is 0 Å². The third kappa shape index (κ3) is 12.3. The van der Waals surface area contributed by atoms with Crippen LogP contribution in [-0.2, 0) is 30.2 Å². The van der Waals surface area contributed by atoms with Crippen LogP contribution in [0, 0.1) is 6.92 Å². The largest absolute Gasteiger partial charge is 0.487 e. The predicted molar refractivity (Wildman–Crippen MR) is 146 cm³/mol. The summed E-state index contributed by atoms with van der Waals surface area (Å²) in [6.45, 7) is 6.67. The maximum atomic E-state index is 12.9. The average Bonchev–Trinajstić information content (AvgIpc) is 2.93. The number of esters is 1.